The van der Waals surface area contributed by atoms with Gasteiger partial charge in [-0.1, -0.05) is 31.0 Å². The monoisotopic (exact) mass is 260 g/mol. The van der Waals surface area contributed by atoms with E-state index in [1.807, 2.05) is 24.3 Å². The van der Waals surface area contributed by atoms with Gasteiger partial charge in [0.25, 0.3) is 0 Å². The maximum atomic E-state index is 11.0. The maximum absolute atomic E-state index is 11.0. The second-order valence-corrected chi connectivity index (χ2v) is 6.44. The molecule has 2 fully saturated rings. The number of methoxy groups -OCH3 is 1. The molecule has 0 saturated heterocycles. The fourth-order valence-electron chi connectivity index (χ4n) is 4.12. The molecule has 2 aliphatic carbocycles. The van der Waals surface area contributed by atoms with Crippen LogP contribution in [0.5, 0.6) is 5.75 Å². The Morgan fingerprint density at radius 3 is 2.21 bits per heavy atom. The van der Waals surface area contributed by atoms with Gasteiger partial charge in [-0.25, -0.2) is 0 Å². The Morgan fingerprint density at radius 2 is 1.58 bits per heavy atom. The molecule has 1 aromatic carbocycles. The third-order valence-corrected chi connectivity index (χ3v) is 5.41. The number of ether oxygens (including phenoxy) is 1. The van der Waals surface area contributed by atoms with Gasteiger partial charge in [0.15, 0.2) is 0 Å². The molecular formula is C17H24O2. The van der Waals surface area contributed by atoms with E-state index in [4.69, 9.17) is 4.74 Å². The molecule has 3 rings (SSSR count). The van der Waals surface area contributed by atoms with Crippen molar-refractivity contribution in [3.63, 3.8) is 0 Å². The van der Waals surface area contributed by atoms with Crippen molar-refractivity contribution >= 4 is 0 Å². The first-order chi connectivity index (χ1) is 9.18. The lowest BCUT2D eigenvalue weighted by Crippen LogP contribution is -2.36. The minimum absolute atomic E-state index is 0.550. The molecule has 1 spiro atoms. The summed E-state index contributed by atoms with van der Waals surface area (Å²) in [6, 6.07) is 7.93. The summed E-state index contributed by atoms with van der Waals surface area (Å²) in [6.45, 7) is 0. The smallest absolute Gasteiger partial charge is 0.124 e. The second kappa shape index (κ2) is 4.82. The van der Waals surface area contributed by atoms with Crippen LogP contribution in [0.2, 0.25) is 0 Å². The molecule has 0 atom stereocenters. The van der Waals surface area contributed by atoms with Crippen LogP contribution >= 0.6 is 0 Å². The maximum Gasteiger partial charge on any atom is 0.124 e. The van der Waals surface area contributed by atoms with Crippen LogP contribution in [0.4, 0.5) is 0 Å². The largest absolute Gasteiger partial charge is 0.496 e. The zero-order chi connectivity index (χ0) is 13.3. The molecule has 2 saturated carbocycles. The van der Waals surface area contributed by atoms with Gasteiger partial charge < -0.3 is 9.84 Å². The van der Waals surface area contributed by atoms with E-state index >= 15 is 0 Å². The van der Waals surface area contributed by atoms with Crippen LogP contribution in [0.3, 0.4) is 0 Å². The van der Waals surface area contributed by atoms with Crippen LogP contribution in [0.15, 0.2) is 24.3 Å². The number of para-hydroxylation sites is 1. The van der Waals surface area contributed by atoms with E-state index in [1.54, 1.807) is 7.11 Å². The van der Waals surface area contributed by atoms with E-state index in [9.17, 15) is 5.11 Å². The van der Waals surface area contributed by atoms with E-state index in [2.05, 4.69) is 0 Å². The Hall–Kier alpha value is -1.02. The average Bonchev–Trinajstić information content (AvgIpc) is 2.91. The normalized spacial score (nSPS) is 24.5. The van der Waals surface area contributed by atoms with Crippen molar-refractivity contribution in [1.82, 2.24) is 0 Å². The van der Waals surface area contributed by atoms with Gasteiger partial charge in [0.05, 0.1) is 12.7 Å². The van der Waals surface area contributed by atoms with Gasteiger partial charge in [-0.2, -0.15) is 0 Å². The molecule has 2 aliphatic rings. The van der Waals surface area contributed by atoms with E-state index in [1.165, 1.54) is 38.5 Å². The molecule has 19 heavy (non-hydrogen) atoms. The Labute approximate surface area is 115 Å². The molecule has 2 nitrogen and oxygen atoms in total. The highest BCUT2D eigenvalue weighted by Crippen LogP contribution is 2.54. The summed E-state index contributed by atoms with van der Waals surface area (Å²) < 4.78 is 5.42. The summed E-state index contributed by atoms with van der Waals surface area (Å²) in [6.07, 6.45) is 9.61. The van der Waals surface area contributed by atoms with Crippen LogP contribution in [-0.4, -0.2) is 12.2 Å². The predicted octanol–water partition coefficient (Wildman–Crippen LogP) is 4.02. The number of hydrogen-bond donors (Lipinski definition) is 1. The van der Waals surface area contributed by atoms with Crippen LogP contribution in [0, 0.1) is 5.41 Å². The molecule has 104 valence electrons. The SMILES string of the molecule is COc1ccccc1C1(O)CCC2(CCCC2)CC1. The zero-order valence-corrected chi connectivity index (χ0v) is 11.8. The first kappa shape index (κ1) is 13.0. The minimum atomic E-state index is -0.680. The topological polar surface area (TPSA) is 29.5 Å². The number of aliphatic hydroxyl groups is 1. The zero-order valence-electron chi connectivity index (χ0n) is 11.8. The van der Waals surface area contributed by atoms with Crippen LogP contribution < -0.4 is 4.74 Å². The molecule has 0 amide bonds. The third-order valence-electron chi connectivity index (χ3n) is 5.41. The number of hydrogen-bond acceptors (Lipinski definition) is 2. The predicted molar refractivity (Wildman–Crippen MR) is 76.3 cm³/mol. The van der Waals surface area contributed by atoms with Gasteiger partial charge >= 0.3 is 0 Å². The fourth-order valence-corrected chi connectivity index (χ4v) is 4.12. The summed E-state index contributed by atoms with van der Waals surface area (Å²) in [7, 11) is 1.68. The summed E-state index contributed by atoms with van der Waals surface area (Å²) in [4.78, 5) is 0. The van der Waals surface area contributed by atoms with E-state index in [0.29, 0.717) is 5.41 Å². The fraction of sp³-hybridized carbons (Fsp3) is 0.647. The van der Waals surface area contributed by atoms with Crippen molar-refractivity contribution in [2.45, 2.75) is 57.0 Å². The van der Waals surface area contributed by atoms with Crippen LogP contribution in [0.25, 0.3) is 0 Å². The Morgan fingerprint density at radius 1 is 0.947 bits per heavy atom. The van der Waals surface area contributed by atoms with Gasteiger partial charge in [0, 0.05) is 5.56 Å². The number of benzene rings is 1. The lowest BCUT2D eigenvalue weighted by atomic mass is 9.66. The lowest BCUT2D eigenvalue weighted by molar-refractivity contribution is -0.0390. The minimum Gasteiger partial charge on any atom is -0.496 e. The highest BCUT2D eigenvalue weighted by atomic mass is 16.5. The van der Waals surface area contributed by atoms with Gasteiger partial charge in [-0.3, -0.25) is 0 Å². The third kappa shape index (κ3) is 2.27. The first-order valence-corrected chi connectivity index (χ1v) is 7.53. The highest BCUT2D eigenvalue weighted by Gasteiger charge is 2.44. The van der Waals surface area contributed by atoms with Gasteiger partial charge in [-0.15, -0.1) is 0 Å². The summed E-state index contributed by atoms with van der Waals surface area (Å²) >= 11 is 0. The number of rotatable bonds is 2. The molecule has 0 bridgehead atoms. The summed E-state index contributed by atoms with van der Waals surface area (Å²) in [5.41, 5.74) is 0.847. The van der Waals surface area contributed by atoms with Gasteiger partial charge in [0.1, 0.15) is 5.75 Å². The highest BCUT2D eigenvalue weighted by molar-refractivity contribution is 5.38. The van der Waals surface area contributed by atoms with Crippen molar-refractivity contribution in [2.24, 2.45) is 5.41 Å². The van der Waals surface area contributed by atoms with E-state index < -0.39 is 5.60 Å². The lowest BCUT2D eigenvalue weighted by Gasteiger charge is -2.42. The first-order valence-electron chi connectivity index (χ1n) is 7.53. The molecule has 2 heteroatoms. The molecule has 0 unspecified atom stereocenters. The molecular weight excluding hydrogens is 236 g/mol. The molecule has 0 heterocycles. The summed E-state index contributed by atoms with van der Waals surface area (Å²) in [5, 5.41) is 11.0. The Bertz CT molecular complexity index is 436. The van der Waals surface area contributed by atoms with Gasteiger partial charge in [-0.05, 0) is 50.0 Å². The van der Waals surface area contributed by atoms with Crippen molar-refractivity contribution in [2.75, 3.05) is 7.11 Å². The van der Waals surface area contributed by atoms with E-state index in [0.717, 1.165) is 24.2 Å². The van der Waals surface area contributed by atoms with Crippen LogP contribution in [0.1, 0.15) is 56.9 Å². The van der Waals surface area contributed by atoms with Crippen LogP contribution in [-0.2, 0) is 5.60 Å². The standard InChI is InChI=1S/C17H24O2/c1-19-15-7-3-2-6-14(15)17(18)12-10-16(11-13-17)8-4-5-9-16/h2-3,6-7,18H,4-5,8-13H2,1H3. The molecule has 0 aliphatic heterocycles. The molecule has 1 aromatic rings. The van der Waals surface area contributed by atoms with Crippen molar-refractivity contribution < 1.29 is 9.84 Å². The second-order valence-electron chi connectivity index (χ2n) is 6.44. The molecule has 0 radical (unpaired) electrons. The van der Waals surface area contributed by atoms with E-state index in [-0.39, 0.29) is 0 Å². The van der Waals surface area contributed by atoms with Crippen molar-refractivity contribution in [1.29, 1.82) is 0 Å². The average molecular weight is 260 g/mol. The summed E-state index contributed by atoms with van der Waals surface area (Å²) in [5.74, 6) is 0.826. The Kier molecular flexibility index (Phi) is 3.30. The quantitative estimate of drug-likeness (QED) is 0.870. The Balaban J connectivity index is 1.81. The molecule has 0 aromatic heterocycles. The molecule has 1 N–H and O–H groups in total. The van der Waals surface area contributed by atoms with Crippen molar-refractivity contribution in [3.05, 3.63) is 29.8 Å². The van der Waals surface area contributed by atoms with Gasteiger partial charge in [0.2, 0.25) is 0 Å². The van der Waals surface area contributed by atoms with Crippen molar-refractivity contribution in [3.8, 4) is 5.75 Å².